The number of imidazole rings is 1. The maximum atomic E-state index is 5.54. The van der Waals surface area contributed by atoms with Crippen LogP contribution < -0.4 is 4.74 Å². The molecule has 0 saturated heterocycles. The normalized spacial score (nSPS) is 12.4. The molecule has 1 atom stereocenters. The molecule has 2 aromatic carbocycles. The van der Waals surface area contributed by atoms with Gasteiger partial charge in [-0.3, -0.25) is 0 Å². The van der Waals surface area contributed by atoms with E-state index in [2.05, 4.69) is 32.4 Å². The number of benzene rings is 2. The molecule has 4 rings (SSSR count). The molecule has 0 bridgehead atoms. The lowest BCUT2D eigenvalue weighted by Gasteiger charge is -2.09. The highest BCUT2D eigenvalue weighted by Gasteiger charge is 2.18. The molecule has 8 heteroatoms. The van der Waals surface area contributed by atoms with Gasteiger partial charge < -0.3 is 9.72 Å². The number of thioether (sulfide) groups is 1. The molecule has 0 aliphatic carbocycles. The Hall–Kier alpha value is -2.87. The van der Waals surface area contributed by atoms with Crippen molar-refractivity contribution >= 4 is 22.8 Å². The number of nitrogens with zero attached hydrogens (tertiary/aromatic N) is 5. The van der Waals surface area contributed by atoms with Crippen molar-refractivity contribution in [3.05, 3.63) is 54.4 Å². The molecule has 2 aromatic heterocycles. The minimum Gasteiger partial charge on any atom is -0.494 e. The summed E-state index contributed by atoms with van der Waals surface area (Å²) in [6, 6.07) is 15.7. The van der Waals surface area contributed by atoms with Gasteiger partial charge in [0.1, 0.15) is 5.75 Å². The summed E-state index contributed by atoms with van der Waals surface area (Å²) in [5.41, 5.74) is 2.80. The lowest BCUT2D eigenvalue weighted by molar-refractivity contribution is 0.340. The predicted molar refractivity (Wildman–Crippen MR) is 101 cm³/mol. The van der Waals surface area contributed by atoms with Gasteiger partial charge in [-0.05, 0) is 48.5 Å². The molecule has 0 unspecified atom stereocenters. The fourth-order valence-electron chi connectivity index (χ4n) is 2.70. The topological polar surface area (TPSA) is 81.5 Å². The molecule has 0 spiro atoms. The molecule has 7 nitrogen and oxygen atoms in total. The van der Waals surface area contributed by atoms with E-state index in [1.54, 1.807) is 16.4 Å². The summed E-state index contributed by atoms with van der Waals surface area (Å²) in [6.45, 7) is 4.67. The first kappa shape index (κ1) is 16.6. The number of aromatic nitrogens is 6. The molecule has 2 heterocycles. The third-order valence-electron chi connectivity index (χ3n) is 3.89. The summed E-state index contributed by atoms with van der Waals surface area (Å²) in [6.07, 6.45) is 0. The molecule has 0 fully saturated rings. The molecular weight excluding hydrogens is 348 g/mol. The van der Waals surface area contributed by atoms with Crippen molar-refractivity contribution in [2.24, 2.45) is 0 Å². The van der Waals surface area contributed by atoms with Crippen molar-refractivity contribution in [3.8, 4) is 11.4 Å². The Morgan fingerprint density at radius 2 is 2.04 bits per heavy atom. The second-order valence-electron chi connectivity index (χ2n) is 5.70. The fourth-order valence-corrected chi connectivity index (χ4v) is 3.61. The van der Waals surface area contributed by atoms with Crippen LogP contribution in [0, 0.1) is 0 Å². The van der Waals surface area contributed by atoms with Crippen LogP contribution in [0.5, 0.6) is 5.75 Å². The fraction of sp³-hybridized carbons (Fsp3) is 0.222. The summed E-state index contributed by atoms with van der Waals surface area (Å²) in [5, 5.41) is 13.0. The van der Waals surface area contributed by atoms with E-state index in [4.69, 9.17) is 4.74 Å². The highest BCUT2D eigenvalue weighted by Crippen LogP contribution is 2.34. The average Bonchev–Trinajstić information content (AvgIpc) is 3.29. The van der Waals surface area contributed by atoms with Crippen molar-refractivity contribution in [3.63, 3.8) is 0 Å². The van der Waals surface area contributed by atoms with Crippen molar-refractivity contribution < 1.29 is 4.74 Å². The zero-order valence-corrected chi connectivity index (χ0v) is 15.3. The maximum absolute atomic E-state index is 5.54. The molecule has 1 N–H and O–H groups in total. The largest absolute Gasteiger partial charge is 0.494 e. The predicted octanol–water partition coefficient (Wildman–Crippen LogP) is 3.79. The first-order valence-corrected chi connectivity index (χ1v) is 9.25. The molecule has 0 aliphatic rings. The summed E-state index contributed by atoms with van der Waals surface area (Å²) in [5.74, 6) is 1.61. The number of H-pyrrole nitrogens is 1. The van der Waals surface area contributed by atoms with Gasteiger partial charge in [-0.15, -0.1) is 5.10 Å². The molecule has 4 aromatic rings. The lowest BCUT2D eigenvalue weighted by Crippen LogP contribution is -2.05. The highest BCUT2D eigenvalue weighted by molar-refractivity contribution is 7.99. The van der Waals surface area contributed by atoms with Gasteiger partial charge >= 0.3 is 0 Å². The van der Waals surface area contributed by atoms with E-state index >= 15 is 0 Å². The molecule has 0 aliphatic heterocycles. The molecule has 0 amide bonds. The van der Waals surface area contributed by atoms with Gasteiger partial charge in [-0.25, -0.2) is 4.98 Å². The zero-order valence-electron chi connectivity index (χ0n) is 14.5. The number of para-hydroxylation sites is 1. The second-order valence-corrected chi connectivity index (χ2v) is 7.03. The monoisotopic (exact) mass is 366 g/mol. The minimum atomic E-state index is 0.0251. The zero-order chi connectivity index (χ0) is 17.9. The van der Waals surface area contributed by atoms with Gasteiger partial charge in [-0.2, -0.15) is 4.68 Å². The Morgan fingerprint density at radius 3 is 2.85 bits per heavy atom. The lowest BCUT2D eigenvalue weighted by atomic mass is 10.3. The number of tetrazole rings is 1. The van der Waals surface area contributed by atoms with Crippen LogP contribution in [0.25, 0.3) is 16.7 Å². The summed E-state index contributed by atoms with van der Waals surface area (Å²) >= 11 is 1.58. The van der Waals surface area contributed by atoms with Crippen LogP contribution in [0.15, 0.2) is 53.7 Å². The Balaban J connectivity index is 1.58. The number of nitrogens with one attached hydrogen (secondary N) is 1. The van der Waals surface area contributed by atoms with Crippen LogP contribution in [-0.4, -0.2) is 36.8 Å². The Morgan fingerprint density at radius 1 is 1.19 bits per heavy atom. The number of fused-ring (bicyclic) bond motifs is 1. The standard InChI is InChI=1S/C18H18N6OS/c1-3-25-14-9-10-15-16(11-14)20-18(19-15)26-12(2)17-21-22-23-24(17)13-7-5-4-6-8-13/h4-12H,3H2,1-2H3,(H,19,20)/t12-/m1/s1. The smallest absolute Gasteiger partial charge is 0.169 e. The first-order chi connectivity index (χ1) is 12.7. The van der Waals surface area contributed by atoms with Crippen molar-refractivity contribution in [1.29, 1.82) is 0 Å². The number of ether oxygens (including phenoxy) is 1. The third kappa shape index (κ3) is 3.28. The van der Waals surface area contributed by atoms with Crippen molar-refractivity contribution in [2.75, 3.05) is 6.61 Å². The number of hydrogen-bond acceptors (Lipinski definition) is 6. The van der Waals surface area contributed by atoms with E-state index in [9.17, 15) is 0 Å². The van der Waals surface area contributed by atoms with E-state index in [1.807, 2.05) is 55.5 Å². The Labute approximate surface area is 154 Å². The van der Waals surface area contributed by atoms with Gasteiger partial charge in [0.25, 0.3) is 0 Å². The van der Waals surface area contributed by atoms with E-state index in [-0.39, 0.29) is 5.25 Å². The highest BCUT2D eigenvalue weighted by atomic mass is 32.2. The molecule has 132 valence electrons. The van der Waals surface area contributed by atoms with E-state index in [1.165, 1.54) is 0 Å². The van der Waals surface area contributed by atoms with Crippen LogP contribution in [0.2, 0.25) is 0 Å². The summed E-state index contributed by atoms with van der Waals surface area (Å²) < 4.78 is 7.30. The average molecular weight is 366 g/mol. The van der Waals surface area contributed by atoms with Crippen LogP contribution in [-0.2, 0) is 0 Å². The van der Waals surface area contributed by atoms with Crippen LogP contribution in [0.1, 0.15) is 24.9 Å². The van der Waals surface area contributed by atoms with Gasteiger partial charge in [0.2, 0.25) is 0 Å². The van der Waals surface area contributed by atoms with Crippen LogP contribution >= 0.6 is 11.8 Å². The van der Waals surface area contributed by atoms with Crippen LogP contribution in [0.4, 0.5) is 0 Å². The SMILES string of the molecule is CCOc1ccc2nc(S[C@H](C)c3nnnn3-c3ccccc3)[nH]c2c1. The first-order valence-electron chi connectivity index (χ1n) is 8.37. The second kappa shape index (κ2) is 7.17. The van der Waals surface area contributed by atoms with E-state index in [0.29, 0.717) is 6.61 Å². The molecule has 0 saturated carbocycles. The van der Waals surface area contributed by atoms with E-state index < -0.39 is 0 Å². The van der Waals surface area contributed by atoms with Gasteiger partial charge in [0.15, 0.2) is 11.0 Å². The Kier molecular flexibility index (Phi) is 4.57. The molecule has 26 heavy (non-hydrogen) atoms. The van der Waals surface area contributed by atoms with E-state index in [0.717, 1.165) is 33.5 Å². The van der Waals surface area contributed by atoms with Crippen LogP contribution in [0.3, 0.4) is 0 Å². The number of rotatable bonds is 6. The Bertz CT molecular complexity index is 1010. The van der Waals surface area contributed by atoms with Crippen molar-refractivity contribution in [1.82, 2.24) is 30.2 Å². The quantitative estimate of drug-likeness (QED) is 0.523. The third-order valence-corrected chi connectivity index (χ3v) is 4.87. The summed E-state index contributed by atoms with van der Waals surface area (Å²) in [7, 11) is 0. The maximum Gasteiger partial charge on any atom is 0.169 e. The number of aromatic amines is 1. The minimum absolute atomic E-state index is 0.0251. The number of hydrogen-bond donors (Lipinski definition) is 1. The summed E-state index contributed by atoms with van der Waals surface area (Å²) in [4.78, 5) is 7.98. The molecule has 0 radical (unpaired) electrons. The van der Waals surface area contributed by atoms with Gasteiger partial charge in [0, 0.05) is 6.07 Å². The van der Waals surface area contributed by atoms with Gasteiger partial charge in [-0.1, -0.05) is 30.0 Å². The van der Waals surface area contributed by atoms with Gasteiger partial charge in [0.05, 0.1) is 28.6 Å². The van der Waals surface area contributed by atoms with Crippen molar-refractivity contribution in [2.45, 2.75) is 24.3 Å². The molecular formula is C18H18N6OS.